The minimum Gasteiger partial charge on any atom is -0.493 e. The maximum atomic E-state index is 13.4. The van der Waals surface area contributed by atoms with Crippen molar-refractivity contribution in [2.75, 3.05) is 47.1 Å². The van der Waals surface area contributed by atoms with Gasteiger partial charge in [-0.2, -0.15) is 5.10 Å². The number of nitrogens with one attached hydrogen (secondary N) is 1. The van der Waals surface area contributed by atoms with Gasteiger partial charge in [-0.3, -0.25) is 14.4 Å². The van der Waals surface area contributed by atoms with E-state index in [4.69, 9.17) is 14.2 Å². The number of benzene rings is 2. The average Bonchev–Trinajstić information content (AvgIpc) is 3.40. The molecule has 174 valence electrons. The lowest BCUT2D eigenvalue weighted by Crippen LogP contribution is -2.45. The zero-order chi connectivity index (χ0) is 23.0. The molecular weight excluding hydrogens is 420 g/mol. The molecular formula is C25H30N4O4. The maximum absolute atomic E-state index is 13.4. The zero-order valence-corrected chi connectivity index (χ0v) is 19.0. The van der Waals surface area contributed by atoms with Crippen molar-refractivity contribution in [3.8, 4) is 11.5 Å². The van der Waals surface area contributed by atoms with Gasteiger partial charge < -0.3 is 19.5 Å². The number of morpholine rings is 1. The third-order valence-electron chi connectivity index (χ3n) is 5.90. The second-order valence-electron chi connectivity index (χ2n) is 7.82. The second kappa shape index (κ2) is 11.0. The molecule has 2 unspecified atom stereocenters. The van der Waals surface area contributed by atoms with Gasteiger partial charge in [0.25, 0.3) is 0 Å². The second-order valence-corrected chi connectivity index (χ2v) is 7.82. The third-order valence-corrected chi connectivity index (χ3v) is 5.90. The van der Waals surface area contributed by atoms with E-state index in [1.54, 1.807) is 25.1 Å². The lowest BCUT2D eigenvalue weighted by molar-refractivity contribution is -0.123. The van der Waals surface area contributed by atoms with Gasteiger partial charge >= 0.3 is 0 Å². The van der Waals surface area contributed by atoms with Gasteiger partial charge in [-0.1, -0.05) is 36.4 Å². The summed E-state index contributed by atoms with van der Waals surface area (Å²) in [6.45, 7) is 3.35. The van der Waals surface area contributed by atoms with Crippen LogP contribution >= 0.6 is 0 Å². The van der Waals surface area contributed by atoms with Crippen LogP contribution < -0.4 is 14.8 Å². The predicted octanol–water partition coefficient (Wildman–Crippen LogP) is 2.68. The molecule has 8 heteroatoms. The van der Waals surface area contributed by atoms with Crippen molar-refractivity contribution < 1.29 is 19.0 Å². The number of hydrogen-bond donors (Lipinski definition) is 1. The molecule has 2 atom stereocenters. The normalized spacial score (nSPS) is 16.1. The molecule has 4 rings (SSSR count). The molecule has 0 aliphatic carbocycles. The molecule has 0 radical (unpaired) electrons. The number of carbonyl (C=O) groups excluding carboxylic acids is 1. The Kier molecular flexibility index (Phi) is 7.59. The van der Waals surface area contributed by atoms with Crippen molar-refractivity contribution in [3.05, 3.63) is 78.1 Å². The highest BCUT2D eigenvalue weighted by molar-refractivity contribution is 5.83. The van der Waals surface area contributed by atoms with Gasteiger partial charge in [0.1, 0.15) is 0 Å². The number of nitrogens with zero attached hydrogens (tertiary/aromatic N) is 3. The summed E-state index contributed by atoms with van der Waals surface area (Å²) in [6.07, 6.45) is 3.49. The fourth-order valence-electron chi connectivity index (χ4n) is 4.19. The monoisotopic (exact) mass is 450 g/mol. The number of rotatable bonds is 9. The Hall–Kier alpha value is -3.36. The highest BCUT2D eigenvalue weighted by atomic mass is 16.5. The van der Waals surface area contributed by atoms with Crippen molar-refractivity contribution in [1.29, 1.82) is 0 Å². The van der Waals surface area contributed by atoms with Crippen LogP contribution in [0.5, 0.6) is 11.5 Å². The SMILES string of the molecule is COc1ccc(C(CNC(=O)C(c2ccccc2)n2cccn2)N2CCOCC2)cc1OC. The van der Waals surface area contributed by atoms with E-state index in [9.17, 15) is 4.79 Å². The number of amides is 1. The Labute approximate surface area is 194 Å². The van der Waals surface area contributed by atoms with E-state index in [0.717, 1.165) is 24.2 Å². The van der Waals surface area contributed by atoms with Crippen LogP contribution in [0.1, 0.15) is 23.2 Å². The molecule has 1 aliphatic rings. The van der Waals surface area contributed by atoms with Crippen LogP contribution in [0.15, 0.2) is 67.0 Å². The summed E-state index contributed by atoms with van der Waals surface area (Å²) >= 11 is 0. The highest BCUT2D eigenvalue weighted by Crippen LogP contribution is 2.32. The smallest absolute Gasteiger partial charge is 0.249 e. The van der Waals surface area contributed by atoms with Gasteiger partial charge in [-0.15, -0.1) is 0 Å². The molecule has 0 spiro atoms. The molecule has 0 bridgehead atoms. The van der Waals surface area contributed by atoms with Gasteiger partial charge in [0.2, 0.25) is 5.91 Å². The summed E-state index contributed by atoms with van der Waals surface area (Å²) in [5.74, 6) is 1.23. The summed E-state index contributed by atoms with van der Waals surface area (Å²) in [5, 5.41) is 7.51. The molecule has 1 saturated heterocycles. The number of methoxy groups -OCH3 is 2. The van der Waals surface area contributed by atoms with Crippen molar-refractivity contribution in [1.82, 2.24) is 20.0 Å². The van der Waals surface area contributed by atoms with Crippen LogP contribution in [0.25, 0.3) is 0 Å². The van der Waals surface area contributed by atoms with Crippen molar-refractivity contribution in [3.63, 3.8) is 0 Å². The molecule has 1 N–H and O–H groups in total. The number of ether oxygens (including phenoxy) is 3. The Morgan fingerprint density at radius 1 is 1.03 bits per heavy atom. The molecule has 33 heavy (non-hydrogen) atoms. The highest BCUT2D eigenvalue weighted by Gasteiger charge is 2.27. The third kappa shape index (κ3) is 5.35. The average molecular weight is 451 g/mol. The maximum Gasteiger partial charge on any atom is 0.249 e. The van der Waals surface area contributed by atoms with E-state index in [0.29, 0.717) is 31.3 Å². The number of carbonyl (C=O) groups is 1. The summed E-state index contributed by atoms with van der Waals surface area (Å²) in [6, 6.07) is 16.8. The molecule has 1 aliphatic heterocycles. The van der Waals surface area contributed by atoms with Crippen LogP contribution in [-0.2, 0) is 9.53 Å². The van der Waals surface area contributed by atoms with Crippen LogP contribution in [-0.4, -0.2) is 67.7 Å². The largest absolute Gasteiger partial charge is 0.493 e. The molecule has 8 nitrogen and oxygen atoms in total. The fraction of sp³-hybridized carbons (Fsp3) is 0.360. The summed E-state index contributed by atoms with van der Waals surface area (Å²) in [4.78, 5) is 15.8. The molecule has 0 saturated carbocycles. The number of aromatic nitrogens is 2. The van der Waals surface area contributed by atoms with E-state index in [-0.39, 0.29) is 11.9 Å². The number of hydrogen-bond acceptors (Lipinski definition) is 6. The Morgan fingerprint density at radius 2 is 1.79 bits per heavy atom. The lowest BCUT2D eigenvalue weighted by atomic mass is 10.0. The fourth-order valence-corrected chi connectivity index (χ4v) is 4.19. The van der Waals surface area contributed by atoms with E-state index in [2.05, 4.69) is 15.3 Å². The minimum absolute atomic E-state index is 0.0355. The first-order valence-electron chi connectivity index (χ1n) is 11.1. The van der Waals surface area contributed by atoms with Gasteiger partial charge in [-0.25, -0.2) is 0 Å². The molecule has 2 aromatic carbocycles. The van der Waals surface area contributed by atoms with Crippen LogP contribution in [0.2, 0.25) is 0 Å². The standard InChI is InChI=1S/C25H30N4O4/c1-31-22-10-9-20(17-23(22)32-2)21(28-13-15-33-16-14-28)18-26-25(30)24(29-12-6-11-27-29)19-7-4-3-5-8-19/h3-12,17,21,24H,13-16,18H2,1-2H3,(H,26,30). The molecule has 1 amide bonds. The molecule has 1 fully saturated rings. The van der Waals surface area contributed by atoms with Crippen molar-refractivity contribution >= 4 is 5.91 Å². The van der Waals surface area contributed by atoms with Gasteiger partial charge in [-0.05, 0) is 29.3 Å². The molecule has 2 heterocycles. The van der Waals surface area contributed by atoms with E-state index in [1.165, 1.54) is 0 Å². The first kappa shape index (κ1) is 22.8. The van der Waals surface area contributed by atoms with E-state index >= 15 is 0 Å². The van der Waals surface area contributed by atoms with Gasteiger partial charge in [0, 0.05) is 32.0 Å². The first-order chi connectivity index (χ1) is 16.2. The lowest BCUT2D eigenvalue weighted by Gasteiger charge is -2.35. The molecule has 3 aromatic rings. The van der Waals surface area contributed by atoms with Crippen LogP contribution in [0.4, 0.5) is 0 Å². The Bertz CT molecular complexity index is 1020. The predicted molar refractivity (Wildman–Crippen MR) is 124 cm³/mol. The summed E-state index contributed by atoms with van der Waals surface area (Å²) < 4.78 is 18.2. The Balaban J connectivity index is 1.58. The minimum atomic E-state index is -0.544. The van der Waals surface area contributed by atoms with Crippen molar-refractivity contribution in [2.45, 2.75) is 12.1 Å². The van der Waals surface area contributed by atoms with Gasteiger partial charge in [0.05, 0.1) is 33.5 Å². The molecule has 1 aromatic heterocycles. The zero-order valence-electron chi connectivity index (χ0n) is 19.0. The first-order valence-corrected chi connectivity index (χ1v) is 11.1. The Morgan fingerprint density at radius 3 is 2.45 bits per heavy atom. The van der Waals surface area contributed by atoms with Gasteiger partial charge in [0.15, 0.2) is 17.5 Å². The van der Waals surface area contributed by atoms with Crippen LogP contribution in [0.3, 0.4) is 0 Å². The summed E-state index contributed by atoms with van der Waals surface area (Å²) in [5.41, 5.74) is 1.93. The van der Waals surface area contributed by atoms with E-state index in [1.807, 2.05) is 60.8 Å². The van der Waals surface area contributed by atoms with E-state index < -0.39 is 6.04 Å². The topological polar surface area (TPSA) is 77.9 Å². The van der Waals surface area contributed by atoms with Crippen LogP contribution in [0, 0.1) is 0 Å². The van der Waals surface area contributed by atoms with Crippen molar-refractivity contribution in [2.24, 2.45) is 0 Å². The quantitative estimate of drug-likeness (QED) is 0.540. The summed E-state index contributed by atoms with van der Waals surface area (Å²) in [7, 11) is 3.25.